The van der Waals surface area contributed by atoms with Crippen LogP contribution in [0.5, 0.6) is 5.75 Å². The van der Waals surface area contributed by atoms with Crippen LogP contribution in [0, 0.1) is 11.8 Å². The Morgan fingerprint density at radius 1 is 1.46 bits per heavy atom. The van der Waals surface area contributed by atoms with Crippen molar-refractivity contribution >= 4 is 15.9 Å². The molecule has 13 heavy (non-hydrogen) atoms. The number of aromatic hydroxyl groups is 1. The lowest BCUT2D eigenvalue weighted by atomic mass is 10.3. The summed E-state index contributed by atoms with van der Waals surface area (Å²) in [6.45, 7) is 0.0156. The van der Waals surface area contributed by atoms with Crippen LogP contribution in [0.3, 0.4) is 0 Å². The molecule has 0 atom stereocenters. The minimum atomic E-state index is 0.0156. The molecule has 2 N–H and O–H groups in total. The maximum absolute atomic E-state index is 9.29. The third-order valence-electron chi connectivity index (χ3n) is 1.28. The van der Waals surface area contributed by atoms with Crippen molar-refractivity contribution in [1.82, 2.24) is 4.98 Å². The van der Waals surface area contributed by atoms with Gasteiger partial charge in [0.15, 0.2) is 5.69 Å². The SMILES string of the molecule is OCCC#Cc1nc(Br)ccc1O. The third kappa shape index (κ3) is 3.05. The Kier molecular flexibility index (Phi) is 3.74. The van der Waals surface area contributed by atoms with Crippen LogP contribution in [0.1, 0.15) is 12.1 Å². The molecule has 0 aliphatic carbocycles. The van der Waals surface area contributed by atoms with E-state index in [9.17, 15) is 5.11 Å². The first-order valence-electron chi connectivity index (χ1n) is 3.69. The average molecular weight is 242 g/mol. The fraction of sp³-hybridized carbons (Fsp3) is 0.222. The van der Waals surface area contributed by atoms with E-state index in [1.165, 1.54) is 6.07 Å². The molecule has 1 rings (SSSR count). The van der Waals surface area contributed by atoms with E-state index in [-0.39, 0.29) is 12.4 Å². The van der Waals surface area contributed by atoms with Gasteiger partial charge in [-0.25, -0.2) is 4.98 Å². The van der Waals surface area contributed by atoms with Crippen molar-refractivity contribution < 1.29 is 10.2 Å². The Hall–Kier alpha value is -1.05. The second-order valence-electron chi connectivity index (χ2n) is 2.28. The molecule has 0 radical (unpaired) electrons. The zero-order valence-corrected chi connectivity index (χ0v) is 8.37. The van der Waals surface area contributed by atoms with Gasteiger partial charge in [-0.15, -0.1) is 0 Å². The molecule has 4 heteroatoms. The van der Waals surface area contributed by atoms with Crippen molar-refractivity contribution in [1.29, 1.82) is 0 Å². The number of pyridine rings is 1. The van der Waals surface area contributed by atoms with E-state index in [1.807, 2.05) is 0 Å². The zero-order chi connectivity index (χ0) is 9.68. The van der Waals surface area contributed by atoms with Crippen LogP contribution in [-0.4, -0.2) is 21.8 Å². The van der Waals surface area contributed by atoms with E-state index < -0.39 is 0 Å². The monoisotopic (exact) mass is 241 g/mol. The number of aromatic nitrogens is 1. The first-order valence-corrected chi connectivity index (χ1v) is 4.48. The maximum atomic E-state index is 9.29. The molecule has 0 amide bonds. The van der Waals surface area contributed by atoms with Gasteiger partial charge >= 0.3 is 0 Å². The molecule has 0 fully saturated rings. The number of hydrogen-bond acceptors (Lipinski definition) is 3. The van der Waals surface area contributed by atoms with Crippen molar-refractivity contribution in [2.45, 2.75) is 6.42 Å². The van der Waals surface area contributed by atoms with E-state index in [2.05, 4.69) is 32.8 Å². The summed E-state index contributed by atoms with van der Waals surface area (Å²) in [5.74, 6) is 5.38. The van der Waals surface area contributed by atoms with Gasteiger partial charge in [-0.2, -0.15) is 0 Å². The standard InChI is InChI=1S/C9H8BrNO2/c10-9-5-4-8(13)7(11-9)3-1-2-6-12/h4-5,12-13H,2,6H2. The van der Waals surface area contributed by atoms with Crippen molar-refractivity contribution in [3.05, 3.63) is 22.4 Å². The van der Waals surface area contributed by atoms with E-state index in [1.54, 1.807) is 6.07 Å². The highest BCUT2D eigenvalue weighted by Crippen LogP contribution is 2.16. The third-order valence-corrected chi connectivity index (χ3v) is 1.73. The molecule has 0 spiro atoms. The fourth-order valence-electron chi connectivity index (χ4n) is 0.722. The molecule has 0 bridgehead atoms. The fourth-order valence-corrected chi connectivity index (χ4v) is 1.03. The molecule has 68 valence electrons. The summed E-state index contributed by atoms with van der Waals surface area (Å²) in [5.41, 5.74) is 0.322. The Balaban J connectivity index is 2.89. The summed E-state index contributed by atoms with van der Waals surface area (Å²) in [6, 6.07) is 3.15. The predicted octanol–water partition coefficient (Wildman–Crippen LogP) is 1.28. The van der Waals surface area contributed by atoms with E-state index in [0.717, 1.165) is 0 Å². The van der Waals surface area contributed by atoms with Crippen LogP contribution >= 0.6 is 15.9 Å². The summed E-state index contributed by atoms with van der Waals surface area (Å²) in [4.78, 5) is 3.96. The maximum Gasteiger partial charge on any atom is 0.156 e. The van der Waals surface area contributed by atoms with Gasteiger partial charge in [-0.05, 0) is 34.0 Å². The minimum absolute atomic E-state index is 0.0156. The topological polar surface area (TPSA) is 53.4 Å². The zero-order valence-electron chi connectivity index (χ0n) is 6.79. The van der Waals surface area contributed by atoms with Crippen LogP contribution < -0.4 is 0 Å². The lowest BCUT2D eigenvalue weighted by molar-refractivity contribution is 0.305. The largest absolute Gasteiger partial charge is 0.505 e. The molecule has 0 aromatic carbocycles. The van der Waals surface area contributed by atoms with E-state index in [4.69, 9.17) is 5.11 Å². The van der Waals surface area contributed by atoms with Gasteiger partial charge in [-0.3, -0.25) is 0 Å². The quantitative estimate of drug-likeness (QED) is 0.576. The predicted molar refractivity (Wildman–Crippen MR) is 52.2 cm³/mol. The van der Waals surface area contributed by atoms with Crippen molar-refractivity contribution in [3.63, 3.8) is 0 Å². The van der Waals surface area contributed by atoms with Crippen LogP contribution in [0.15, 0.2) is 16.7 Å². The lowest BCUT2D eigenvalue weighted by Crippen LogP contribution is -1.84. The van der Waals surface area contributed by atoms with Gasteiger partial charge in [0.2, 0.25) is 0 Å². The Morgan fingerprint density at radius 2 is 2.23 bits per heavy atom. The number of halogens is 1. The van der Waals surface area contributed by atoms with Gasteiger partial charge in [0.25, 0.3) is 0 Å². The van der Waals surface area contributed by atoms with Gasteiger partial charge in [0, 0.05) is 6.42 Å². The normalized spacial score (nSPS) is 9.08. The van der Waals surface area contributed by atoms with Crippen molar-refractivity contribution in [3.8, 4) is 17.6 Å². The molecular formula is C9H8BrNO2. The van der Waals surface area contributed by atoms with Gasteiger partial charge in [-0.1, -0.05) is 5.92 Å². The molecule has 0 saturated heterocycles. The molecule has 1 aromatic heterocycles. The summed E-state index contributed by atoms with van der Waals surface area (Å²) in [7, 11) is 0. The second-order valence-corrected chi connectivity index (χ2v) is 3.09. The average Bonchev–Trinajstić information content (AvgIpc) is 2.11. The number of hydrogen-bond donors (Lipinski definition) is 2. The highest BCUT2D eigenvalue weighted by molar-refractivity contribution is 9.10. The van der Waals surface area contributed by atoms with Crippen molar-refractivity contribution in [2.75, 3.05) is 6.61 Å². The van der Waals surface area contributed by atoms with Crippen molar-refractivity contribution in [2.24, 2.45) is 0 Å². The summed E-state index contributed by atoms with van der Waals surface area (Å²) in [6.07, 6.45) is 0.383. The first-order chi connectivity index (χ1) is 6.24. The smallest absolute Gasteiger partial charge is 0.156 e. The molecule has 0 unspecified atom stereocenters. The van der Waals surface area contributed by atoms with Crippen LogP contribution in [0.25, 0.3) is 0 Å². The second kappa shape index (κ2) is 4.85. The highest BCUT2D eigenvalue weighted by atomic mass is 79.9. The van der Waals surface area contributed by atoms with Crippen LogP contribution in [0.4, 0.5) is 0 Å². The van der Waals surface area contributed by atoms with Gasteiger partial charge in [0.05, 0.1) is 6.61 Å². The summed E-state index contributed by atoms with van der Waals surface area (Å²) >= 11 is 3.17. The molecule has 0 saturated carbocycles. The Bertz CT molecular complexity index is 354. The van der Waals surface area contributed by atoms with E-state index >= 15 is 0 Å². The van der Waals surface area contributed by atoms with Gasteiger partial charge in [0.1, 0.15) is 10.4 Å². The molecule has 3 nitrogen and oxygen atoms in total. The first kappa shape index (κ1) is 10.0. The number of rotatable bonds is 1. The minimum Gasteiger partial charge on any atom is -0.505 e. The summed E-state index contributed by atoms with van der Waals surface area (Å²) in [5, 5.41) is 17.8. The molecular weight excluding hydrogens is 234 g/mol. The van der Waals surface area contributed by atoms with Crippen LogP contribution in [-0.2, 0) is 0 Å². The highest BCUT2D eigenvalue weighted by Gasteiger charge is 1.98. The van der Waals surface area contributed by atoms with E-state index in [0.29, 0.717) is 16.7 Å². The number of nitrogens with zero attached hydrogens (tertiary/aromatic N) is 1. The molecule has 0 aliphatic heterocycles. The summed E-state index contributed by atoms with van der Waals surface area (Å²) < 4.78 is 0.624. The Labute approximate surface area is 84.6 Å². The Morgan fingerprint density at radius 3 is 2.92 bits per heavy atom. The lowest BCUT2D eigenvalue weighted by Gasteiger charge is -1.95. The number of aliphatic hydroxyl groups is 1. The molecule has 0 aliphatic rings. The van der Waals surface area contributed by atoms with Crippen LogP contribution in [0.2, 0.25) is 0 Å². The number of aliphatic hydroxyl groups excluding tert-OH is 1. The molecule has 1 heterocycles. The molecule has 1 aromatic rings. The van der Waals surface area contributed by atoms with Gasteiger partial charge < -0.3 is 10.2 Å².